The van der Waals surface area contributed by atoms with Crippen molar-refractivity contribution in [2.45, 2.75) is 19.4 Å². The number of hydrogen-bond acceptors (Lipinski definition) is 3. The Hall–Kier alpha value is -1.46. The number of piperidine rings is 1. The fraction of sp³-hybridized carbons (Fsp3) is 0.533. The first-order valence-electron chi connectivity index (χ1n) is 7.04. The van der Waals surface area contributed by atoms with Crippen molar-refractivity contribution >= 4 is 11.6 Å². The molecule has 1 aromatic rings. The van der Waals surface area contributed by atoms with Crippen molar-refractivity contribution in [1.82, 2.24) is 10.2 Å². The molecule has 1 fully saturated rings. The number of carbonyl (C=O) groups is 1. The maximum Gasteiger partial charge on any atom is 0.238 e. The Morgan fingerprint density at radius 2 is 2.20 bits per heavy atom. The molecule has 2 unspecified atom stereocenters. The summed E-state index contributed by atoms with van der Waals surface area (Å²) in [7, 11) is 1.97. The largest absolute Gasteiger partial charge is 0.322 e. The summed E-state index contributed by atoms with van der Waals surface area (Å²) < 4.78 is 13.5. The first kappa shape index (κ1) is 14.9. The van der Waals surface area contributed by atoms with Crippen LogP contribution >= 0.6 is 0 Å². The second-order valence-corrected chi connectivity index (χ2v) is 5.42. The number of likely N-dealkylation sites (tertiary alicyclic amines) is 1. The van der Waals surface area contributed by atoms with Crippen LogP contribution in [-0.4, -0.2) is 43.5 Å². The van der Waals surface area contributed by atoms with E-state index in [-0.39, 0.29) is 11.6 Å². The van der Waals surface area contributed by atoms with Crippen molar-refractivity contribution in [2.75, 3.05) is 32.0 Å². The fourth-order valence-electron chi connectivity index (χ4n) is 2.76. The van der Waals surface area contributed by atoms with E-state index in [0.29, 0.717) is 18.5 Å². The van der Waals surface area contributed by atoms with Gasteiger partial charge < -0.3 is 10.6 Å². The molecule has 1 aliphatic heterocycles. The van der Waals surface area contributed by atoms with Crippen LogP contribution in [0.4, 0.5) is 10.1 Å². The Bertz CT molecular complexity index is 466. The molecular weight excluding hydrogens is 257 g/mol. The highest BCUT2D eigenvalue weighted by Crippen LogP contribution is 2.17. The number of anilines is 1. The number of nitrogens with zero attached hydrogens (tertiary/aromatic N) is 1. The second-order valence-electron chi connectivity index (χ2n) is 5.42. The van der Waals surface area contributed by atoms with Gasteiger partial charge in [-0.15, -0.1) is 0 Å². The van der Waals surface area contributed by atoms with Gasteiger partial charge in [0.15, 0.2) is 0 Å². The number of benzene rings is 1. The maximum atomic E-state index is 13.5. The van der Waals surface area contributed by atoms with Gasteiger partial charge in [0, 0.05) is 19.1 Å². The zero-order chi connectivity index (χ0) is 14.5. The molecule has 0 spiro atoms. The molecule has 2 N–H and O–H groups in total. The van der Waals surface area contributed by atoms with Gasteiger partial charge in [0.1, 0.15) is 5.82 Å². The van der Waals surface area contributed by atoms with Crippen LogP contribution in [0.2, 0.25) is 0 Å². The van der Waals surface area contributed by atoms with Crippen LogP contribution in [0.3, 0.4) is 0 Å². The Kier molecular flexibility index (Phi) is 5.09. The number of amides is 1. The standard InChI is InChI=1S/C15H22FN3O/c1-11-9-19(8-7-13(11)17-2)10-15(20)18-14-6-4-3-5-12(14)16/h3-6,11,13,17H,7-10H2,1-2H3,(H,18,20). The van der Waals surface area contributed by atoms with Crippen LogP contribution < -0.4 is 10.6 Å². The van der Waals surface area contributed by atoms with Crippen molar-refractivity contribution in [3.63, 3.8) is 0 Å². The molecule has 4 nitrogen and oxygen atoms in total. The first-order valence-corrected chi connectivity index (χ1v) is 7.04. The van der Waals surface area contributed by atoms with Gasteiger partial charge in [-0.2, -0.15) is 0 Å². The summed E-state index contributed by atoms with van der Waals surface area (Å²) in [5.74, 6) is -0.0525. The van der Waals surface area contributed by atoms with E-state index in [2.05, 4.69) is 22.5 Å². The van der Waals surface area contributed by atoms with E-state index in [9.17, 15) is 9.18 Å². The van der Waals surface area contributed by atoms with Gasteiger partial charge in [-0.05, 0) is 31.5 Å². The van der Waals surface area contributed by atoms with Crippen LogP contribution in [-0.2, 0) is 4.79 Å². The van der Waals surface area contributed by atoms with E-state index in [0.717, 1.165) is 19.5 Å². The predicted octanol–water partition coefficient (Wildman–Crippen LogP) is 1.69. The third-order valence-electron chi connectivity index (χ3n) is 3.88. The Labute approximate surface area is 119 Å². The van der Waals surface area contributed by atoms with E-state index < -0.39 is 5.82 Å². The van der Waals surface area contributed by atoms with Gasteiger partial charge in [-0.25, -0.2) is 4.39 Å². The topological polar surface area (TPSA) is 44.4 Å². The highest BCUT2D eigenvalue weighted by molar-refractivity contribution is 5.92. The highest BCUT2D eigenvalue weighted by Gasteiger charge is 2.25. The Morgan fingerprint density at radius 3 is 2.85 bits per heavy atom. The van der Waals surface area contributed by atoms with Crippen LogP contribution in [0.25, 0.3) is 0 Å². The molecule has 0 saturated carbocycles. The van der Waals surface area contributed by atoms with Gasteiger partial charge in [0.25, 0.3) is 0 Å². The number of rotatable bonds is 4. The van der Waals surface area contributed by atoms with E-state index in [4.69, 9.17) is 0 Å². The van der Waals surface area contributed by atoms with Gasteiger partial charge in [0.2, 0.25) is 5.91 Å². The smallest absolute Gasteiger partial charge is 0.238 e. The lowest BCUT2D eigenvalue weighted by Crippen LogP contribution is -2.49. The van der Waals surface area contributed by atoms with Crippen LogP contribution in [0, 0.1) is 11.7 Å². The summed E-state index contributed by atoms with van der Waals surface area (Å²) in [6.45, 7) is 4.27. The molecule has 0 radical (unpaired) electrons. The molecule has 110 valence electrons. The maximum absolute atomic E-state index is 13.5. The minimum absolute atomic E-state index is 0.162. The third kappa shape index (κ3) is 3.77. The van der Waals surface area contributed by atoms with Crippen LogP contribution in [0.1, 0.15) is 13.3 Å². The number of hydrogen-bond donors (Lipinski definition) is 2. The van der Waals surface area contributed by atoms with Crippen molar-refractivity contribution in [3.8, 4) is 0 Å². The minimum Gasteiger partial charge on any atom is -0.322 e. The third-order valence-corrected chi connectivity index (χ3v) is 3.88. The lowest BCUT2D eigenvalue weighted by Gasteiger charge is -2.36. The highest BCUT2D eigenvalue weighted by atomic mass is 19.1. The monoisotopic (exact) mass is 279 g/mol. The molecule has 2 rings (SSSR count). The molecule has 1 amide bonds. The normalized spacial score (nSPS) is 23.6. The Morgan fingerprint density at radius 1 is 1.45 bits per heavy atom. The van der Waals surface area contributed by atoms with E-state index in [1.54, 1.807) is 18.2 Å². The second kappa shape index (κ2) is 6.81. The molecule has 1 aliphatic rings. The van der Waals surface area contributed by atoms with E-state index in [1.165, 1.54) is 6.07 Å². The minimum atomic E-state index is -0.400. The molecule has 0 aromatic heterocycles. The average Bonchev–Trinajstić information content (AvgIpc) is 2.41. The molecule has 0 aliphatic carbocycles. The lowest BCUT2D eigenvalue weighted by atomic mass is 9.94. The first-order chi connectivity index (χ1) is 9.60. The summed E-state index contributed by atoms with van der Waals surface area (Å²) in [6, 6.07) is 6.74. The summed E-state index contributed by atoms with van der Waals surface area (Å²) in [4.78, 5) is 14.1. The summed E-state index contributed by atoms with van der Waals surface area (Å²) in [5.41, 5.74) is 0.246. The number of carbonyl (C=O) groups excluding carboxylic acids is 1. The Balaban J connectivity index is 1.85. The summed E-state index contributed by atoms with van der Waals surface area (Å²) in [5, 5.41) is 5.92. The van der Waals surface area contributed by atoms with Gasteiger partial charge in [0.05, 0.1) is 12.2 Å². The van der Waals surface area contributed by atoms with Crippen molar-refractivity contribution in [3.05, 3.63) is 30.1 Å². The molecule has 1 saturated heterocycles. The fourth-order valence-corrected chi connectivity index (χ4v) is 2.76. The van der Waals surface area contributed by atoms with E-state index in [1.807, 2.05) is 7.05 Å². The molecule has 0 bridgehead atoms. The summed E-state index contributed by atoms with van der Waals surface area (Å²) in [6.07, 6.45) is 1.03. The quantitative estimate of drug-likeness (QED) is 0.881. The van der Waals surface area contributed by atoms with Crippen molar-refractivity contribution in [1.29, 1.82) is 0 Å². The van der Waals surface area contributed by atoms with Crippen molar-refractivity contribution in [2.24, 2.45) is 5.92 Å². The SMILES string of the molecule is CNC1CCN(CC(=O)Nc2ccccc2F)CC1C. The van der Waals surface area contributed by atoms with Crippen LogP contribution in [0.15, 0.2) is 24.3 Å². The van der Waals surface area contributed by atoms with E-state index >= 15 is 0 Å². The molecule has 5 heteroatoms. The zero-order valence-corrected chi connectivity index (χ0v) is 12.0. The number of halogens is 1. The molecule has 2 atom stereocenters. The average molecular weight is 279 g/mol. The molecular formula is C15H22FN3O. The number of nitrogens with one attached hydrogen (secondary N) is 2. The molecule has 1 aromatic carbocycles. The molecule has 1 heterocycles. The number of para-hydroxylation sites is 1. The molecule has 20 heavy (non-hydrogen) atoms. The van der Waals surface area contributed by atoms with Crippen LogP contribution in [0.5, 0.6) is 0 Å². The van der Waals surface area contributed by atoms with Gasteiger partial charge in [-0.3, -0.25) is 9.69 Å². The zero-order valence-electron chi connectivity index (χ0n) is 12.0. The van der Waals surface area contributed by atoms with Crippen molar-refractivity contribution < 1.29 is 9.18 Å². The summed E-state index contributed by atoms with van der Waals surface area (Å²) >= 11 is 0. The van der Waals surface area contributed by atoms with Gasteiger partial charge in [-0.1, -0.05) is 19.1 Å². The van der Waals surface area contributed by atoms with Gasteiger partial charge >= 0.3 is 0 Å². The predicted molar refractivity (Wildman–Crippen MR) is 78.1 cm³/mol. The lowest BCUT2D eigenvalue weighted by molar-refractivity contribution is -0.117.